The minimum Gasteiger partial charge on any atom is -0.363 e. The smallest absolute Gasteiger partial charge is 0.131 e. The summed E-state index contributed by atoms with van der Waals surface area (Å²) >= 11 is 0. The molecule has 0 unspecified atom stereocenters. The number of fused-ring (bicyclic) bond motifs is 1. The standard InChI is InChI=1S/C12H18N2/c1-8-10-6-5-7-11(10)9(2)13-12(8)14(3)4/h5-7H2,1-4H3. The highest BCUT2D eigenvalue weighted by atomic mass is 15.1. The molecule has 0 spiro atoms. The Labute approximate surface area is 86.0 Å². The van der Waals surface area contributed by atoms with Gasteiger partial charge >= 0.3 is 0 Å². The highest BCUT2D eigenvalue weighted by Crippen LogP contribution is 2.31. The molecule has 1 aliphatic rings. The number of aryl methyl sites for hydroxylation is 1. The van der Waals surface area contributed by atoms with Gasteiger partial charge < -0.3 is 4.90 Å². The van der Waals surface area contributed by atoms with Gasteiger partial charge in [0.05, 0.1) is 0 Å². The molecular formula is C12H18N2. The van der Waals surface area contributed by atoms with Crippen LogP contribution in [-0.4, -0.2) is 19.1 Å². The molecule has 0 saturated carbocycles. The topological polar surface area (TPSA) is 16.1 Å². The lowest BCUT2D eigenvalue weighted by Gasteiger charge is -2.18. The number of nitrogens with zero attached hydrogens (tertiary/aromatic N) is 2. The van der Waals surface area contributed by atoms with E-state index in [4.69, 9.17) is 0 Å². The Balaban J connectivity index is 2.62. The lowest BCUT2D eigenvalue weighted by Crippen LogP contribution is -2.14. The number of anilines is 1. The number of hydrogen-bond acceptors (Lipinski definition) is 2. The van der Waals surface area contributed by atoms with Crippen LogP contribution in [0.5, 0.6) is 0 Å². The molecular weight excluding hydrogens is 172 g/mol. The van der Waals surface area contributed by atoms with Crippen molar-refractivity contribution >= 4 is 5.82 Å². The molecule has 1 aromatic rings. The SMILES string of the molecule is Cc1nc(N(C)C)c(C)c2c1CCC2. The van der Waals surface area contributed by atoms with E-state index >= 15 is 0 Å². The average molecular weight is 190 g/mol. The third kappa shape index (κ3) is 1.29. The molecule has 0 saturated heterocycles. The van der Waals surface area contributed by atoms with Crippen molar-refractivity contribution in [3.05, 3.63) is 22.4 Å². The highest BCUT2D eigenvalue weighted by molar-refractivity contribution is 5.54. The van der Waals surface area contributed by atoms with Crippen LogP contribution in [0.1, 0.15) is 28.8 Å². The van der Waals surface area contributed by atoms with Crippen LogP contribution in [0.4, 0.5) is 5.82 Å². The summed E-state index contributed by atoms with van der Waals surface area (Å²) < 4.78 is 0. The molecule has 76 valence electrons. The third-order valence-electron chi connectivity index (χ3n) is 3.14. The van der Waals surface area contributed by atoms with E-state index in [1.807, 2.05) is 0 Å². The van der Waals surface area contributed by atoms with E-state index in [2.05, 4.69) is 37.8 Å². The predicted molar refractivity (Wildman–Crippen MR) is 60.1 cm³/mol. The van der Waals surface area contributed by atoms with Crippen molar-refractivity contribution in [2.24, 2.45) is 0 Å². The van der Waals surface area contributed by atoms with E-state index in [0.717, 1.165) is 5.82 Å². The lowest BCUT2D eigenvalue weighted by molar-refractivity contribution is 0.906. The molecule has 0 aliphatic heterocycles. The molecule has 0 N–H and O–H groups in total. The van der Waals surface area contributed by atoms with Crippen molar-refractivity contribution < 1.29 is 0 Å². The maximum absolute atomic E-state index is 4.67. The van der Waals surface area contributed by atoms with Crippen LogP contribution < -0.4 is 4.90 Å². The monoisotopic (exact) mass is 190 g/mol. The van der Waals surface area contributed by atoms with Crippen LogP contribution in [0.3, 0.4) is 0 Å². The predicted octanol–water partition coefficient (Wildman–Crippen LogP) is 2.25. The summed E-state index contributed by atoms with van der Waals surface area (Å²) in [5, 5.41) is 0. The zero-order valence-corrected chi connectivity index (χ0v) is 9.52. The zero-order valence-electron chi connectivity index (χ0n) is 9.52. The van der Waals surface area contributed by atoms with Gasteiger partial charge in [-0.2, -0.15) is 0 Å². The quantitative estimate of drug-likeness (QED) is 0.675. The molecule has 2 heteroatoms. The molecule has 0 bridgehead atoms. The number of rotatable bonds is 1. The molecule has 1 heterocycles. The van der Waals surface area contributed by atoms with Crippen molar-refractivity contribution in [1.82, 2.24) is 4.98 Å². The Hall–Kier alpha value is -1.05. The summed E-state index contributed by atoms with van der Waals surface area (Å²) in [6, 6.07) is 0. The maximum Gasteiger partial charge on any atom is 0.131 e. The molecule has 0 amide bonds. The second kappa shape index (κ2) is 3.26. The van der Waals surface area contributed by atoms with Crippen LogP contribution in [0.15, 0.2) is 0 Å². The molecule has 0 radical (unpaired) electrons. The summed E-state index contributed by atoms with van der Waals surface area (Å²) in [4.78, 5) is 6.78. The highest BCUT2D eigenvalue weighted by Gasteiger charge is 2.19. The van der Waals surface area contributed by atoms with E-state index in [9.17, 15) is 0 Å². The van der Waals surface area contributed by atoms with Crippen LogP contribution in [0.25, 0.3) is 0 Å². The van der Waals surface area contributed by atoms with Crippen molar-refractivity contribution in [1.29, 1.82) is 0 Å². The molecule has 2 rings (SSSR count). The molecule has 14 heavy (non-hydrogen) atoms. The molecule has 0 fully saturated rings. The molecule has 1 aliphatic carbocycles. The Kier molecular flexibility index (Phi) is 2.22. The van der Waals surface area contributed by atoms with E-state index in [-0.39, 0.29) is 0 Å². The maximum atomic E-state index is 4.67. The molecule has 0 atom stereocenters. The van der Waals surface area contributed by atoms with Gasteiger partial charge in [0, 0.05) is 19.8 Å². The van der Waals surface area contributed by atoms with Gasteiger partial charge in [-0.3, -0.25) is 0 Å². The van der Waals surface area contributed by atoms with E-state index in [1.54, 1.807) is 5.56 Å². The average Bonchev–Trinajstić information content (AvgIpc) is 2.59. The second-order valence-electron chi connectivity index (χ2n) is 4.35. The van der Waals surface area contributed by atoms with Gasteiger partial charge in [0.1, 0.15) is 5.82 Å². The van der Waals surface area contributed by atoms with E-state index < -0.39 is 0 Å². The number of hydrogen-bond donors (Lipinski definition) is 0. The van der Waals surface area contributed by atoms with Gasteiger partial charge in [-0.15, -0.1) is 0 Å². The first-order valence-corrected chi connectivity index (χ1v) is 5.27. The lowest BCUT2D eigenvalue weighted by atomic mass is 10.0. The Morgan fingerprint density at radius 1 is 1.07 bits per heavy atom. The van der Waals surface area contributed by atoms with Gasteiger partial charge in [0.25, 0.3) is 0 Å². The molecule has 1 aromatic heterocycles. The van der Waals surface area contributed by atoms with Crippen LogP contribution in [-0.2, 0) is 12.8 Å². The fourth-order valence-electron chi connectivity index (χ4n) is 2.44. The Morgan fingerprint density at radius 3 is 2.36 bits per heavy atom. The first-order valence-electron chi connectivity index (χ1n) is 5.27. The summed E-state index contributed by atoms with van der Waals surface area (Å²) in [7, 11) is 4.13. The van der Waals surface area contributed by atoms with Crippen molar-refractivity contribution in [2.75, 3.05) is 19.0 Å². The van der Waals surface area contributed by atoms with E-state index in [1.165, 1.54) is 36.1 Å². The minimum absolute atomic E-state index is 1.14. The van der Waals surface area contributed by atoms with Crippen LogP contribution in [0, 0.1) is 13.8 Å². The van der Waals surface area contributed by atoms with Gasteiger partial charge in [-0.05, 0) is 49.8 Å². The van der Waals surface area contributed by atoms with Crippen molar-refractivity contribution in [3.8, 4) is 0 Å². The van der Waals surface area contributed by atoms with Gasteiger partial charge in [-0.25, -0.2) is 4.98 Å². The molecule has 2 nitrogen and oxygen atoms in total. The zero-order chi connectivity index (χ0) is 10.3. The molecule has 0 aromatic carbocycles. The summed E-state index contributed by atoms with van der Waals surface area (Å²) in [5.41, 5.74) is 5.68. The van der Waals surface area contributed by atoms with Crippen LogP contribution >= 0.6 is 0 Å². The minimum atomic E-state index is 1.14. The largest absolute Gasteiger partial charge is 0.363 e. The number of pyridine rings is 1. The fraction of sp³-hybridized carbons (Fsp3) is 0.583. The van der Waals surface area contributed by atoms with Crippen molar-refractivity contribution in [2.45, 2.75) is 33.1 Å². The normalized spacial score (nSPS) is 14.3. The van der Waals surface area contributed by atoms with Gasteiger partial charge in [0.15, 0.2) is 0 Å². The fourth-order valence-corrected chi connectivity index (χ4v) is 2.44. The summed E-state index contributed by atoms with van der Waals surface area (Å²) in [5.74, 6) is 1.14. The number of aromatic nitrogens is 1. The third-order valence-corrected chi connectivity index (χ3v) is 3.14. The Morgan fingerprint density at radius 2 is 1.71 bits per heavy atom. The second-order valence-corrected chi connectivity index (χ2v) is 4.35. The van der Waals surface area contributed by atoms with Crippen LogP contribution in [0.2, 0.25) is 0 Å². The summed E-state index contributed by atoms with van der Waals surface area (Å²) in [6.45, 7) is 4.34. The van der Waals surface area contributed by atoms with Crippen molar-refractivity contribution in [3.63, 3.8) is 0 Å². The first kappa shape index (κ1) is 9.50. The van der Waals surface area contributed by atoms with Gasteiger partial charge in [0.2, 0.25) is 0 Å². The van der Waals surface area contributed by atoms with E-state index in [0.29, 0.717) is 0 Å². The Bertz CT molecular complexity index is 367. The van der Waals surface area contributed by atoms with Gasteiger partial charge in [-0.1, -0.05) is 0 Å². The first-order chi connectivity index (χ1) is 6.61. The summed E-state index contributed by atoms with van der Waals surface area (Å²) in [6.07, 6.45) is 3.77.